The van der Waals surface area contributed by atoms with E-state index >= 15 is 0 Å². The molecule has 0 unspecified atom stereocenters. The first kappa shape index (κ1) is 19.8. The van der Waals surface area contributed by atoms with E-state index in [0.717, 1.165) is 22.2 Å². The molecule has 0 spiro atoms. The minimum atomic E-state index is -0.427. The normalized spacial score (nSPS) is 15.1. The van der Waals surface area contributed by atoms with Crippen LogP contribution in [0, 0.1) is 6.92 Å². The number of ether oxygens (including phenoxy) is 1. The molecule has 0 aliphatic carbocycles. The van der Waals surface area contributed by atoms with Gasteiger partial charge in [-0.05, 0) is 48.5 Å². The molecule has 1 heterocycles. The van der Waals surface area contributed by atoms with E-state index in [4.69, 9.17) is 4.74 Å². The van der Waals surface area contributed by atoms with Crippen molar-refractivity contribution < 1.29 is 19.4 Å². The Morgan fingerprint density at radius 1 is 1.00 bits per heavy atom. The molecule has 0 atom stereocenters. The number of hydrogen-bond donors (Lipinski definition) is 1. The van der Waals surface area contributed by atoms with E-state index < -0.39 is 11.1 Å². The minimum Gasteiger partial charge on any atom is -0.508 e. The maximum absolute atomic E-state index is 12.8. The van der Waals surface area contributed by atoms with E-state index in [1.807, 2.05) is 55.5 Å². The summed E-state index contributed by atoms with van der Waals surface area (Å²) in [5, 5.41) is 9.26. The highest BCUT2D eigenvalue weighted by Crippen LogP contribution is 2.37. The standard InChI is InChI=1S/C24H19NO4S/c1-16-9-11-17(12-10-16)15-29-21-8-3-2-5-18(21)13-22-23(27)25(24(28)30-22)19-6-4-7-20(26)14-19/h2-14,26H,15H2,1H3/b22-13-. The number of carbonyl (C=O) groups is 2. The van der Waals surface area contributed by atoms with Crippen LogP contribution in [0.25, 0.3) is 6.08 Å². The summed E-state index contributed by atoms with van der Waals surface area (Å²) in [5.41, 5.74) is 3.28. The maximum Gasteiger partial charge on any atom is 0.298 e. The summed E-state index contributed by atoms with van der Waals surface area (Å²) in [6.45, 7) is 2.43. The fourth-order valence-corrected chi connectivity index (χ4v) is 3.87. The summed E-state index contributed by atoms with van der Waals surface area (Å²) in [4.78, 5) is 26.6. The van der Waals surface area contributed by atoms with Gasteiger partial charge in [-0.2, -0.15) is 0 Å². The van der Waals surface area contributed by atoms with Crippen molar-refractivity contribution in [2.45, 2.75) is 13.5 Å². The molecule has 150 valence electrons. The zero-order chi connectivity index (χ0) is 21.1. The lowest BCUT2D eigenvalue weighted by Gasteiger charge is -2.12. The Balaban J connectivity index is 1.57. The monoisotopic (exact) mass is 417 g/mol. The van der Waals surface area contributed by atoms with E-state index in [1.54, 1.807) is 18.2 Å². The Morgan fingerprint density at radius 2 is 1.77 bits per heavy atom. The van der Waals surface area contributed by atoms with Gasteiger partial charge in [0.2, 0.25) is 0 Å². The number of amides is 2. The van der Waals surface area contributed by atoms with Crippen LogP contribution in [-0.4, -0.2) is 16.3 Å². The van der Waals surface area contributed by atoms with Crippen LogP contribution in [0.3, 0.4) is 0 Å². The number of thioether (sulfide) groups is 1. The third kappa shape index (κ3) is 4.23. The molecule has 0 saturated carbocycles. The first-order valence-corrected chi connectivity index (χ1v) is 10.2. The Kier molecular flexibility index (Phi) is 5.59. The molecule has 5 nitrogen and oxygen atoms in total. The van der Waals surface area contributed by atoms with E-state index in [-0.39, 0.29) is 5.75 Å². The highest BCUT2D eigenvalue weighted by Gasteiger charge is 2.36. The Morgan fingerprint density at radius 3 is 2.53 bits per heavy atom. The molecular weight excluding hydrogens is 398 g/mol. The number of imide groups is 1. The number of carbonyl (C=O) groups excluding carboxylic acids is 2. The Bertz CT molecular complexity index is 1140. The molecule has 0 radical (unpaired) electrons. The third-order valence-electron chi connectivity index (χ3n) is 4.60. The van der Waals surface area contributed by atoms with Crippen LogP contribution in [0.15, 0.2) is 77.7 Å². The van der Waals surface area contributed by atoms with Crippen LogP contribution in [0.5, 0.6) is 11.5 Å². The van der Waals surface area contributed by atoms with Crippen molar-refractivity contribution in [1.82, 2.24) is 0 Å². The molecule has 0 bridgehead atoms. The summed E-state index contributed by atoms with van der Waals surface area (Å²) in [7, 11) is 0. The fourth-order valence-electron chi connectivity index (χ4n) is 3.04. The number of aryl methyl sites for hydroxylation is 1. The van der Waals surface area contributed by atoms with Gasteiger partial charge in [0, 0.05) is 11.6 Å². The second-order valence-corrected chi connectivity index (χ2v) is 7.84. The van der Waals surface area contributed by atoms with Gasteiger partial charge in [0.1, 0.15) is 18.1 Å². The zero-order valence-corrected chi connectivity index (χ0v) is 17.1. The van der Waals surface area contributed by atoms with Crippen molar-refractivity contribution in [1.29, 1.82) is 0 Å². The number of anilines is 1. The van der Waals surface area contributed by atoms with Crippen molar-refractivity contribution in [3.63, 3.8) is 0 Å². The molecule has 6 heteroatoms. The number of nitrogens with zero attached hydrogens (tertiary/aromatic N) is 1. The molecule has 2 amide bonds. The smallest absolute Gasteiger partial charge is 0.298 e. The number of para-hydroxylation sites is 1. The predicted octanol–water partition coefficient (Wildman–Crippen LogP) is 5.52. The number of hydrogen-bond acceptors (Lipinski definition) is 5. The number of aromatic hydroxyl groups is 1. The van der Waals surface area contributed by atoms with Gasteiger partial charge >= 0.3 is 0 Å². The van der Waals surface area contributed by atoms with Gasteiger partial charge in [-0.15, -0.1) is 0 Å². The van der Waals surface area contributed by atoms with Crippen molar-refractivity contribution in [3.05, 3.63) is 94.4 Å². The van der Waals surface area contributed by atoms with E-state index in [2.05, 4.69) is 0 Å². The first-order valence-electron chi connectivity index (χ1n) is 9.35. The van der Waals surface area contributed by atoms with Crippen LogP contribution in [-0.2, 0) is 11.4 Å². The predicted molar refractivity (Wildman–Crippen MR) is 119 cm³/mol. The Hall–Kier alpha value is -3.51. The minimum absolute atomic E-state index is 0.00891. The van der Waals surface area contributed by atoms with E-state index in [1.165, 1.54) is 17.7 Å². The van der Waals surface area contributed by atoms with Gasteiger partial charge in [0.15, 0.2) is 0 Å². The quantitative estimate of drug-likeness (QED) is 0.554. The van der Waals surface area contributed by atoms with Crippen molar-refractivity contribution in [2.75, 3.05) is 4.90 Å². The molecule has 1 aliphatic heterocycles. The molecule has 0 aromatic heterocycles. The topological polar surface area (TPSA) is 66.8 Å². The molecule has 4 rings (SSSR count). The highest BCUT2D eigenvalue weighted by molar-refractivity contribution is 8.19. The molecule has 1 saturated heterocycles. The summed E-state index contributed by atoms with van der Waals surface area (Å²) in [6, 6.07) is 21.5. The van der Waals surface area contributed by atoms with Gasteiger partial charge in [-0.25, -0.2) is 4.90 Å². The second-order valence-electron chi connectivity index (χ2n) is 6.85. The van der Waals surface area contributed by atoms with Gasteiger partial charge in [-0.1, -0.05) is 54.1 Å². The lowest BCUT2D eigenvalue weighted by Crippen LogP contribution is -2.27. The maximum atomic E-state index is 12.8. The molecule has 1 fully saturated rings. The van der Waals surface area contributed by atoms with Gasteiger partial charge in [-0.3, -0.25) is 9.59 Å². The summed E-state index contributed by atoms with van der Waals surface area (Å²) < 4.78 is 5.97. The highest BCUT2D eigenvalue weighted by atomic mass is 32.2. The van der Waals surface area contributed by atoms with Crippen LogP contribution < -0.4 is 9.64 Å². The van der Waals surface area contributed by atoms with E-state index in [0.29, 0.717) is 28.5 Å². The van der Waals surface area contributed by atoms with Crippen LogP contribution in [0.1, 0.15) is 16.7 Å². The molecule has 1 aliphatic rings. The number of phenols is 1. The van der Waals surface area contributed by atoms with Gasteiger partial charge in [0.25, 0.3) is 11.1 Å². The zero-order valence-electron chi connectivity index (χ0n) is 16.2. The average molecular weight is 417 g/mol. The average Bonchev–Trinajstić information content (AvgIpc) is 3.01. The van der Waals surface area contributed by atoms with Gasteiger partial charge < -0.3 is 9.84 Å². The molecule has 3 aromatic rings. The van der Waals surface area contributed by atoms with Crippen molar-refractivity contribution in [3.8, 4) is 11.5 Å². The van der Waals surface area contributed by atoms with Crippen molar-refractivity contribution in [2.24, 2.45) is 0 Å². The fraction of sp³-hybridized carbons (Fsp3) is 0.0833. The summed E-state index contributed by atoms with van der Waals surface area (Å²) in [6.07, 6.45) is 1.66. The molecular formula is C24H19NO4S. The van der Waals surface area contributed by atoms with Crippen LogP contribution in [0.4, 0.5) is 10.5 Å². The molecule has 3 aromatic carbocycles. The summed E-state index contributed by atoms with van der Waals surface area (Å²) in [5.74, 6) is 0.191. The SMILES string of the molecule is Cc1ccc(COc2ccccc2/C=C2\SC(=O)N(c3cccc(O)c3)C2=O)cc1. The lowest BCUT2D eigenvalue weighted by molar-refractivity contribution is -0.113. The largest absolute Gasteiger partial charge is 0.508 e. The van der Waals surface area contributed by atoms with Gasteiger partial charge in [0.05, 0.1) is 10.6 Å². The summed E-state index contributed by atoms with van der Waals surface area (Å²) >= 11 is 0.863. The first-order chi connectivity index (χ1) is 14.5. The van der Waals surface area contributed by atoms with Crippen LogP contribution in [0.2, 0.25) is 0 Å². The third-order valence-corrected chi connectivity index (χ3v) is 5.47. The lowest BCUT2D eigenvalue weighted by atomic mass is 10.1. The Labute approximate surface area is 178 Å². The number of rotatable bonds is 5. The number of benzene rings is 3. The second kappa shape index (κ2) is 8.47. The number of phenolic OH excluding ortho intramolecular Hbond substituents is 1. The van der Waals surface area contributed by atoms with Crippen molar-refractivity contribution >= 4 is 34.7 Å². The molecule has 1 N–H and O–H groups in total. The van der Waals surface area contributed by atoms with E-state index in [9.17, 15) is 14.7 Å². The van der Waals surface area contributed by atoms with Crippen LogP contribution >= 0.6 is 11.8 Å². The molecule has 30 heavy (non-hydrogen) atoms.